The predicted molar refractivity (Wildman–Crippen MR) is 106 cm³/mol. The lowest BCUT2D eigenvalue weighted by molar-refractivity contribution is -0.127. The molecule has 0 N–H and O–H groups in total. The van der Waals surface area contributed by atoms with Crippen molar-refractivity contribution >= 4 is 22.0 Å². The molecule has 0 aliphatic rings. The Morgan fingerprint density at radius 1 is 1.00 bits per heavy atom. The van der Waals surface area contributed by atoms with Gasteiger partial charge in [-0.1, -0.05) is 26.0 Å². The number of sulfonamides is 1. The van der Waals surface area contributed by atoms with Crippen LogP contribution in [0.4, 0.5) is 0 Å². The average molecular weight is 399 g/mol. The molecule has 0 saturated carbocycles. The zero-order valence-electron chi connectivity index (χ0n) is 16.6. The van der Waals surface area contributed by atoms with Crippen LogP contribution >= 0.6 is 0 Å². The van der Waals surface area contributed by atoms with Gasteiger partial charge in [-0.3, -0.25) is 4.79 Å². The van der Waals surface area contributed by atoms with Crippen LogP contribution in [0, 0.1) is 0 Å². The SMILES string of the molecule is CCN(CC)S(=O)(=O)c1ccc(/C=C/C(=O)N(CCOC)CCOC)cc1. The molecule has 27 heavy (non-hydrogen) atoms. The van der Waals surface area contributed by atoms with Gasteiger partial charge in [-0.25, -0.2) is 8.42 Å². The van der Waals surface area contributed by atoms with E-state index in [-0.39, 0.29) is 10.8 Å². The first-order valence-electron chi connectivity index (χ1n) is 8.95. The number of ether oxygens (including phenoxy) is 2. The van der Waals surface area contributed by atoms with E-state index in [2.05, 4.69) is 0 Å². The van der Waals surface area contributed by atoms with Crippen LogP contribution in [0.15, 0.2) is 35.2 Å². The van der Waals surface area contributed by atoms with Crippen molar-refractivity contribution in [3.63, 3.8) is 0 Å². The molecule has 1 rings (SSSR count). The molecule has 0 aliphatic carbocycles. The van der Waals surface area contributed by atoms with E-state index >= 15 is 0 Å². The van der Waals surface area contributed by atoms with Gasteiger partial charge in [-0.2, -0.15) is 4.31 Å². The molecule has 1 aromatic rings. The van der Waals surface area contributed by atoms with Crippen LogP contribution in [0.3, 0.4) is 0 Å². The highest BCUT2D eigenvalue weighted by atomic mass is 32.2. The first kappa shape index (κ1) is 23.3. The van der Waals surface area contributed by atoms with Gasteiger partial charge in [0.05, 0.1) is 18.1 Å². The third-order valence-electron chi connectivity index (χ3n) is 4.08. The summed E-state index contributed by atoms with van der Waals surface area (Å²) in [6, 6.07) is 6.50. The van der Waals surface area contributed by atoms with Crippen LogP contribution in [-0.2, 0) is 24.3 Å². The van der Waals surface area contributed by atoms with Crippen molar-refractivity contribution in [3.05, 3.63) is 35.9 Å². The van der Waals surface area contributed by atoms with Gasteiger partial charge in [-0.05, 0) is 23.8 Å². The number of carbonyl (C=O) groups excluding carboxylic acids is 1. The van der Waals surface area contributed by atoms with Gasteiger partial charge in [0.2, 0.25) is 15.9 Å². The monoisotopic (exact) mass is 398 g/mol. The molecule has 0 radical (unpaired) electrons. The van der Waals surface area contributed by atoms with E-state index in [0.717, 1.165) is 5.56 Å². The lowest BCUT2D eigenvalue weighted by atomic mass is 10.2. The van der Waals surface area contributed by atoms with E-state index in [0.29, 0.717) is 39.4 Å². The van der Waals surface area contributed by atoms with E-state index in [1.54, 1.807) is 49.5 Å². The molecule has 0 spiro atoms. The molecule has 1 aromatic carbocycles. The maximum Gasteiger partial charge on any atom is 0.246 e. The Morgan fingerprint density at radius 3 is 1.96 bits per heavy atom. The van der Waals surface area contributed by atoms with E-state index < -0.39 is 10.0 Å². The lowest BCUT2D eigenvalue weighted by Crippen LogP contribution is -2.35. The topological polar surface area (TPSA) is 76.2 Å². The molecular formula is C19H30N2O5S. The molecule has 0 atom stereocenters. The van der Waals surface area contributed by atoms with Gasteiger partial charge < -0.3 is 14.4 Å². The second kappa shape index (κ2) is 11.9. The van der Waals surface area contributed by atoms with Crippen molar-refractivity contribution in [1.82, 2.24) is 9.21 Å². The first-order valence-corrected chi connectivity index (χ1v) is 10.4. The van der Waals surface area contributed by atoms with Gasteiger partial charge >= 0.3 is 0 Å². The van der Waals surface area contributed by atoms with Crippen molar-refractivity contribution in [2.45, 2.75) is 18.7 Å². The van der Waals surface area contributed by atoms with Gasteiger partial charge in [0, 0.05) is 46.5 Å². The molecule has 0 saturated heterocycles. The lowest BCUT2D eigenvalue weighted by Gasteiger charge is -2.20. The van der Waals surface area contributed by atoms with Crippen molar-refractivity contribution in [3.8, 4) is 0 Å². The van der Waals surface area contributed by atoms with Crippen molar-refractivity contribution in [2.24, 2.45) is 0 Å². The Labute approximate surface area is 162 Å². The molecule has 0 unspecified atom stereocenters. The summed E-state index contributed by atoms with van der Waals surface area (Å²) in [6.07, 6.45) is 3.14. The number of amides is 1. The summed E-state index contributed by atoms with van der Waals surface area (Å²) in [5.41, 5.74) is 0.750. The summed E-state index contributed by atoms with van der Waals surface area (Å²) in [5, 5.41) is 0. The fourth-order valence-electron chi connectivity index (χ4n) is 2.47. The van der Waals surface area contributed by atoms with Gasteiger partial charge in [0.1, 0.15) is 0 Å². The first-order chi connectivity index (χ1) is 12.9. The van der Waals surface area contributed by atoms with Crippen molar-refractivity contribution < 1.29 is 22.7 Å². The molecule has 7 nitrogen and oxygen atoms in total. The van der Waals surface area contributed by atoms with Crippen LogP contribution in [0.5, 0.6) is 0 Å². The molecule has 8 heteroatoms. The summed E-state index contributed by atoms with van der Waals surface area (Å²) in [4.78, 5) is 14.2. The fourth-order valence-corrected chi connectivity index (χ4v) is 3.93. The molecule has 0 aromatic heterocycles. The number of hydrogen-bond donors (Lipinski definition) is 0. The number of rotatable bonds is 12. The van der Waals surface area contributed by atoms with E-state index in [4.69, 9.17) is 9.47 Å². The second-order valence-electron chi connectivity index (χ2n) is 5.80. The van der Waals surface area contributed by atoms with Crippen LogP contribution in [0.1, 0.15) is 19.4 Å². The molecule has 0 aliphatic heterocycles. The number of benzene rings is 1. The zero-order valence-corrected chi connectivity index (χ0v) is 17.4. The molecule has 0 fully saturated rings. The summed E-state index contributed by atoms with van der Waals surface area (Å²) < 4.78 is 36.4. The summed E-state index contributed by atoms with van der Waals surface area (Å²) in [6.45, 7) is 6.31. The Bertz CT molecular complexity index is 689. The number of hydrogen-bond acceptors (Lipinski definition) is 5. The Kier molecular flexibility index (Phi) is 10.2. The molecule has 152 valence electrons. The van der Waals surface area contributed by atoms with Crippen molar-refractivity contribution in [1.29, 1.82) is 0 Å². The maximum absolute atomic E-state index is 12.5. The largest absolute Gasteiger partial charge is 0.383 e. The highest BCUT2D eigenvalue weighted by molar-refractivity contribution is 7.89. The second-order valence-corrected chi connectivity index (χ2v) is 7.74. The number of methoxy groups -OCH3 is 2. The van der Waals surface area contributed by atoms with Crippen LogP contribution in [0.2, 0.25) is 0 Å². The highest BCUT2D eigenvalue weighted by Crippen LogP contribution is 2.16. The Morgan fingerprint density at radius 2 is 1.52 bits per heavy atom. The van der Waals surface area contributed by atoms with Crippen molar-refractivity contribution in [2.75, 3.05) is 53.6 Å². The summed E-state index contributed by atoms with van der Waals surface area (Å²) >= 11 is 0. The van der Waals surface area contributed by atoms with E-state index in [9.17, 15) is 13.2 Å². The minimum absolute atomic E-state index is 0.149. The van der Waals surface area contributed by atoms with E-state index in [1.165, 1.54) is 10.4 Å². The zero-order chi connectivity index (χ0) is 20.3. The van der Waals surface area contributed by atoms with Gasteiger partial charge in [0.15, 0.2) is 0 Å². The third kappa shape index (κ3) is 7.06. The Balaban J connectivity index is 2.85. The average Bonchev–Trinajstić information content (AvgIpc) is 2.67. The highest BCUT2D eigenvalue weighted by Gasteiger charge is 2.21. The smallest absolute Gasteiger partial charge is 0.246 e. The molecule has 1 amide bonds. The van der Waals surface area contributed by atoms with E-state index in [1.807, 2.05) is 13.8 Å². The molecule has 0 heterocycles. The quantitative estimate of drug-likeness (QED) is 0.502. The van der Waals surface area contributed by atoms with Crippen LogP contribution < -0.4 is 0 Å². The minimum Gasteiger partial charge on any atom is -0.383 e. The number of carbonyl (C=O) groups is 1. The van der Waals surface area contributed by atoms with Gasteiger partial charge in [0.25, 0.3) is 0 Å². The summed E-state index contributed by atoms with van der Waals surface area (Å²) in [5.74, 6) is -0.149. The normalized spacial score (nSPS) is 12.0. The standard InChI is InChI=1S/C19H30N2O5S/c1-5-21(6-2)27(23,24)18-10-7-17(8-11-18)9-12-19(22)20(13-15-25-3)14-16-26-4/h7-12H,5-6,13-16H2,1-4H3/b12-9+. The predicted octanol–water partition coefficient (Wildman–Crippen LogP) is 1.85. The maximum atomic E-state index is 12.5. The number of nitrogens with zero attached hydrogens (tertiary/aromatic N) is 2. The molecule has 0 bridgehead atoms. The third-order valence-corrected chi connectivity index (χ3v) is 6.15. The fraction of sp³-hybridized carbons (Fsp3) is 0.526. The van der Waals surface area contributed by atoms with Crippen LogP contribution in [0.25, 0.3) is 6.08 Å². The minimum atomic E-state index is -3.48. The summed E-state index contributed by atoms with van der Waals surface area (Å²) in [7, 11) is -0.305. The Hall–Kier alpha value is -1.74. The van der Waals surface area contributed by atoms with Crippen LogP contribution in [-0.4, -0.2) is 77.1 Å². The molecular weight excluding hydrogens is 368 g/mol. The van der Waals surface area contributed by atoms with Gasteiger partial charge in [-0.15, -0.1) is 0 Å².